The Hall–Kier alpha value is -2.78. The first kappa shape index (κ1) is 33.6. The Morgan fingerprint density at radius 1 is 0.689 bits per heavy atom. The van der Waals surface area contributed by atoms with Gasteiger partial charge in [0.05, 0.1) is 13.1 Å². The summed E-state index contributed by atoms with van der Waals surface area (Å²) in [6, 6.07) is 22.2. The summed E-state index contributed by atoms with van der Waals surface area (Å²) >= 11 is 0. The Morgan fingerprint density at radius 3 is 1.67 bits per heavy atom. The van der Waals surface area contributed by atoms with E-state index in [0.29, 0.717) is 37.0 Å². The third-order valence-electron chi connectivity index (χ3n) is 10.3. The topological polar surface area (TPSA) is 103 Å². The number of piperazine rings is 2. The van der Waals surface area contributed by atoms with Crippen molar-refractivity contribution >= 4 is 11.8 Å². The molecule has 0 unspecified atom stereocenters. The molecule has 2 aliphatic carbocycles. The number of nitrogens with one attached hydrogen (secondary N) is 3. The zero-order valence-electron chi connectivity index (χ0n) is 27.3. The van der Waals surface area contributed by atoms with Gasteiger partial charge in [0.2, 0.25) is 11.8 Å². The number of nitrogens with two attached hydrogens (primary N) is 1. The smallest absolute Gasteiger partial charge is 0.234 e. The van der Waals surface area contributed by atoms with Crippen LogP contribution < -0.4 is 21.7 Å². The van der Waals surface area contributed by atoms with Gasteiger partial charge in [-0.1, -0.05) is 86.3 Å². The van der Waals surface area contributed by atoms with Gasteiger partial charge in [-0.2, -0.15) is 0 Å². The maximum atomic E-state index is 12.1. The summed E-state index contributed by atoms with van der Waals surface area (Å²) in [4.78, 5) is 28.8. The van der Waals surface area contributed by atoms with E-state index in [1.807, 2.05) is 12.1 Å². The highest BCUT2D eigenvalue weighted by Gasteiger charge is 2.31. The summed E-state index contributed by atoms with van der Waals surface area (Å²) < 4.78 is 0. The molecule has 0 bridgehead atoms. The van der Waals surface area contributed by atoms with Crippen LogP contribution >= 0.6 is 0 Å². The van der Waals surface area contributed by atoms with Crippen molar-refractivity contribution in [3.63, 3.8) is 0 Å². The van der Waals surface area contributed by atoms with E-state index in [1.54, 1.807) is 0 Å². The lowest BCUT2D eigenvalue weighted by molar-refractivity contribution is -0.126. The third kappa shape index (κ3) is 10.6. The Labute approximate surface area is 270 Å². The molecule has 0 radical (unpaired) electrons. The molecule has 2 saturated carbocycles. The van der Waals surface area contributed by atoms with Gasteiger partial charge < -0.3 is 21.7 Å². The van der Waals surface area contributed by atoms with E-state index in [1.165, 1.54) is 56.1 Å². The molecule has 246 valence electrons. The van der Waals surface area contributed by atoms with Crippen molar-refractivity contribution < 1.29 is 9.59 Å². The molecule has 5 N–H and O–H groups in total. The quantitative estimate of drug-likeness (QED) is 0.345. The van der Waals surface area contributed by atoms with Gasteiger partial charge in [0.1, 0.15) is 0 Å². The van der Waals surface area contributed by atoms with Gasteiger partial charge in [0.25, 0.3) is 0 Å². The molecule has 2 saturated heterocycles. The lowest BCUT2D eigenvalue weighted by Gasteiger charge is -2.39. The predicted octanol–water partition coefficient (Wildman–Crippen LogP) is 3.35. The Morgan fingerprint density at radius 2 is 1.16 bits per heavy atom. The molecule has 4 fully saturated rings. The number of amides is 2. The fourth-order valence-electron chi connectivity index (χ4n) is 8.04. The number of rotatable bonds is 9. The van der Waals surface area contributed by atoms with Gasteiger partial charge in [-0.15, -0.1) is 0 Å². The molecule has 6 atom stereocenters. The zero-order chi connectivity index (χ0) is 31.4. The van der Waals surface area contributed by atoms with Crippen LogP contribution in [0.15, 0.2) is 60.7 Å². The first-order valence-electron chi connectivity index (χ1n) is 17.5. The van der Waals surface area contributed by atoms with Crippen molar-refractivity contribution in [2.45, 2.75) is 88.4 Å². The number of benzene rings is 2. The van der Waals surface area contributed by atoms with Crippen LogP contribution in [0.2, 0.25) is 0 Å². The van der Waals surface area contributed by atoms with Gasteiger partial charge in [0.15, 0.2) is 0 Å². The van der Waals surface area contributed by atoms with Crippen molar-refractivity contribution in [1.29, 1.82) is 0 Å². The molecule has 2 amide bonds. The SMILES string of the molecule is CN[C@@H]1CCCC[C@H]1CN1CC(=O)N[C@@H](Cc2ccccc2)C1.N[C@@H]1CCCC[C@H]1CN1CC(=O)N[C@@H](Cc2ccccc2)C1. The maximum Gasteiger partial charge on any atom is 0.234 e. The molecule has 45 heavy (non-hydrogen) atoms. The van der Waals surface area contributed by atoms with Crippen molar-refractivity contribution in [1.82, 2.24) is 25.8 Å². The highest BCUT2D eigenvalue weighted by atomic mass is 16.2. The van der Waals surface area contributed by atoms with Crippen LogP contribution in [-0.4, -0.2) is 92.1 Å². The first-order valence-corrected chi connectivity index (χ1v) is 17.5. The van der Waals surface area contributed by atoms with Crippen LogP contribution in [0.4, 0.5) is 0 Å². The minimum atomic E-state index is 0.150. The number of hydrogen-bond acceptors (Lipinski definition) is 6. The Kier molecular flexibility index (Phi) is 12.9. The molecular formula is C37H56N6O2. The number of hydrogen-bond donors (Lipinski definition) is 4. The minimum absolute atomic E-state index is 0.150. The summed E-state index contributed by atoms with van der Waals surface area (Å²) in [6.45, 7) is 4.99. The zero-order valence-corrected chi connectivity index (χ0v) is 27.3. The molecular weight excluding hydrogens is 560 g/mol. The molecule has 4 aliphatic rings. The lowest BCUT2D eigenvalue weighted by Crippen LogP contribution is -2.56. The van der Waals surface area contributed by atoms with Gasteiger partial charge >= 0.3 is 0 Å². The van der Waals surface area contributed by atoms with E-state index in [2.05, 4.69) is 81.3 Å². The second kappa shape index (κ2) is 17.2. The van der Waals surface area contributed by atoms with Gasteiger partial charge in [-0.25, -0.2) is 0 Å². The minimum Gasteiger partial charge on any atom is -0.351 e. The van der Waals surface area contributed by atoms with E-state index in [4.69, 9.17) is 5.73 Å². The summed E-state index contributed by atoms with van der Waals surface area (Å²) in [5.74, 6) is 1.56. The van der Waals surface area contributed by atoms with E-state index < -0.39 is 0 Å². The molecule has 2 aliphatic heterocycles. The normalized spacial score (nSPS) is 29.6. The van der Waals surface area contributed by atoms with Crippen molar-refractivity contribution in [3.05, 3.63) is 71.8 Å². The van der Waals surface area contributed by atoms with E-state index in [9.17, 15) is 9.59 Å². The molecule has 8 nitrogen and oxygen atoms in total. The van der Waals surface area contributed by atoms with Gasteiger partial charge in [0, 0.05) is 50.3 Å². The molecule has 2 aromatic carbocycles. The predicted molar refractivity (Wildman–Crippen MR) is 182 cm³/mol. The van der Waals surface area contributed by atoms with Crippen molar-refractivity contribution in [2.24, 2.45) is 17.6 Å². The van der Waals surface area contributed by atoms with Crippen LogP contribution in [0, 0.1) is 11.8 Å². The highest BCUT2D eigenvalue weighted by Crippen LogP contribution is 2.26. The maximum absolute atomic E-state index is 12.1. The second-order valence-corrected chi connectivity index (χ2v) is 13.9. The molecule has 6 rings (SSSR count). The monoisotopic (exact) mass is 616 g/mol. The summed E-state index contributed by atoms with van der Waals surface area (Å²) in [7, 11) is 2.07. The van der Waals surface area contributed by atoms with Crippen molar-refractivity contribution in [3.8, 4) is 0 Å². The summed E-state index contributed by atoms with van der Waals surface area (Å²) in [5.41, 5.74) is 8.84. The molecule has 8 heteroatoms. The molecule has 0 aromatic heterocycles. The number of carbonyl (C=O) groups is 2. The van der Waals surface area contributed by atoms with Gasteiger partial charge in [-0.3, -0.25) is 19.4 Å². The summed E-state index contributed by atoms with van der Waals surface area (Å²) in [6.07, 6.45) is 11.9. The van der Waals surface area contributed by atoms with E-state index in [0.717, 1.165) is 45.4 Å². The lowest BCUT2D eigenvalue weighted by atomic mass is 9.84. The number of nitrogens with zero attached hydrogens (tertiary/aromatic N) is 2. The third-order valence-corrected chi connectivity index (χ3v) is 10.3. The molecule has 2 aromatic rings. The van der Waals surface area contributed by atoms with Crippen LogP contribution in [0.5, 0.6) is 0 Å². The van der Waals surface area contributed by atoms with Crippen LogP contribution in [-0.2, 0) is 22.4 Å². The van der Waals surface area contributed by atoms with Crippen LogP contribution in [0.3, 0.4) is 0 Å². The Balaban J connectivity index is 0.000000178. The second-order valence-electron chi connectivity index (χ2n) is 13.9. The van der Waals surface area contributed by atoms with Crippen molar-refractivity contribution in [2.75, 3.05) is 46.3 Å². The molecule has 2 heterocycles. The number of carbonyl (C=O) groups excluding carboxylic acids is 2. The van der Waals surface area contributed by atoms with E-state index in [-0.39, 0.29) is 23.9 Å². The Bertz CT molecular complexity index is 1180. The fourth-order valence-corrected chi connectivity index (χ4v) is 8.04. The average Bonchev–Trinajstić information content (AvgIpc) is 3.03. The largest absolute Gasteiger partial charge is 0.351 e. The average molecular weight is 617 g/mol. The highest BCUT2D eigenvalue weighted by molar-refractivity contribution is 5.79. The first-order chi connectivity index (χ1) is 21.9. The van der Waals surface area contributed by atoms with Gasteiger partial charge in [-0.05, 0) is 68.5 Å². The van der Waals surface area contributed by atoms with Crippen LogP contribution in [0.1, 0.15) is 62.5 Å². The van der Waals surface area contributed by atoms with E-state index >= 15 is 0 Å². The van der Waals surface area contributed by atoms with Crippen LogP contribution in [0.25, 0.3) is 0 Å². The fraction of sp³-hybridized carbons (Fsp3) is 0.622. The molecule has 0 spiro atoms. The summed E-state index contributed by atoms with van der Waals surface area (Å²) in [5, 5.41) is 9.77. The standard InChI is InChI=1S/C19H29N3O.C18H27N3O/c1-20-18-10-6-5-9-16(18)12-22-13-17(21-19(23)14-22)11-15-7-3-2-4-8-15;19-17-9-5-4-8-15(17)11-21-12-16(20-18(22)13-21)10-14-6-2-1-3-7-14/h2-4,7-8,16-18,20H,5-6,9-14H2,1H3,(H,21,23);1-3,6-7,15-17H,4-5,8-13,19H2,(H,20,22)/t16-,17-,18+;15-,16-,17+/m00/s1.